The van der Waals surface area contributed by atoms with Gasteiger partial charge in [0, 0.05) is 11.4 Å². The first-order valence-electron chi connectivity index (χ1n) is 8.33. The summed E-state index contributed by atoms with van der Waals surface area (Å²) in [5.41, 5.74) is 0.659. The number of azo groups is 1. The van der Waals surface area contributed by atoms with Gasteiger partial charge < -0.3 is 10.6 Å². The van der Waals surface area contributed by atoms with Crippen molar-refractivity contribution in [3.8, 4) is 0 Å². The van der Waals surface area contributed by atoms with Gasteiger partial charge in [0.05, 0.1) is 22.0 Å². The number of alkyl halides is 3. The number of rotatable bonds is 4. The highest BCUT2D eigenvalue weighted by Crippen LogP contribution is 2.36. The third-order valence-electron chi connectivity index (χ3n) is 3.69. The van der Waals surface area contributed by atoms with Crippen LogP contribution in [-0.2, 0) is 6.18 Å². The van der Waals surface area contributed by atoms with Crippen LogP contribution in [0.5, 0.6) is 0 Å². The summed E-state index contributed by atoms with van der Waals surface area (Å²) in [6, 6.07) is 18.1. The molecule has 0 aliphatic carbocycles. The normalized spacial score (nSPS) is 11.4. The first kappa shape index (κ1) is 20.3. The fraction of sp³-hybridized carbons (Fsp3) is 0.0500. The lowest BCUT2D eigenvalue weighted by Gasteiger charge is -2.12. The SMILES string of the molecule is O=C(Nc1ccc(N=Nc2ccccc2)cc1)Nc1ccc(Cl)c(C(F)(F)F)c1. The lowest BCUT2D eigenvalue weighted by Crippen LogP contribution is -2.19. The highest BCUT2D eigenvalue weighted by atomic mass is 35.5. The van der Waals surface area contributed by atoms with Crippen molar-refractivity contribution < 1.29 is 18.0 Å². The summed E-state index contributed by atoms with van der Waals surface area (Å²) in [6.45, 7) is 0. The molecule has 0 aliphatic rings. The van der Waals surface area contributed by atoms with Crippen molar-refractivity contribution in [2.45, 2.75) is 6.18 Å². The highest BCUT2D eigenvalue weighted by Gasteiger charge is 2.33. The molecule has 2 N–H and O–H groups in total. The van der Waals surface area contributed by atoms with Crippen molar-refractivity contribution in [1.29, 1.82) is 0 Å². The van der Waals surface area contributed by atoms with Gasteiger partial charge >= 0.3 is 12.2 Å². The van der Waals surface area contributed by atoms with Crippen molar-refractivity contribution in [2.75, 3.05) is 10.6 Å². The van der Waals surface area contributed by atoms with Gasteiger partial charge in [-0.05, 0) is 54.6 Å². The van der Waals surface area contributed by atoms with Gasteiger partial charge in [0.2, 0.25) is 0 Å². The largest absolute Gasteiger partial charge is 0.417 e. The summed E-state index contributed by atoms with van der Waals surface area (Å²) < 4.78 is 38.7. The van der Waals surface area contributed by atoms with Crippen LogP contribution in [0.15, 0.2) is 83.0 Å². The maximum absolute atomic E-state index is 12.9. The lowest BCUT2D eigenvalue weighted by atomic mass is 10.2. The second-order valence-electron chi connectivity index (χ2n) is 5.85. The topological polar surface area (TPSA) is 65.8 Å². The van der Waals surface area contributed by atoms with Crippen LogP contribution in [-0.4, -0.2) is 6.03 Å². The molecule has 0 saturated carbocycles. The molecule has 3 aromatic rings. The van der Waals surface area contributed by atoms with E-state index in [4.69, 9.17) is 11.6 Å². The molecule has 29 heavy (non-hydrogen) atoms. The van der Waals surface area contributed by atoms with Gasteiger partial charge in [0.1, 0.15) is 0 Å². The van der Waals surface area contributed by atoms with Crippen molar-refractivity contribution in [1.82, 2.24) is 0 Å². The van der Waals surface area contributed by atoms with Crippen LogP contribution >= 0.6 is 11.6 Å². The number of nitrogens with zero attached hydrogens (tertiary/aromatic N) is 2. The Kier molecular flexibility index (Phi) is 6.13. The number of hydrogen-bond donors (Lipinski definition) is 2. The molecule has 0 atom stereocenters. The molecular formula is C20H14ClF3N4O. The van der Waals surface area contributed by atoms with Gasteiger partial charge in [-0.15, -0.1) is 0 Å². The fourth-order valence-corrected chi connectivity index (χ4v) is 2.56. The first-order chi connectivity index (χ1) is 13.8. The van der Waals surface area contributed by atoms with E-state index < -0.39 is 22.8 Å². The van der Waals surface area contributed by atoms with Gasteiger partial charge in [-0.2, -0.15) is 23.4 Å². The highest BCUT2D eigenvalue weighted by molar-refractivity contribution is 6.31. The minimum absolute atomic E-state index is 0.0347. The maximum atomic E-state index is 12.9. The number of urea groups is 1. The van der Waals surface area contributed by atoms with E-state index in [2.05, 4.69) is 20.9 Å². The molecule has 148 valence electrons. The molecule has 3 rings (SSSR count). The number of carbonyl (C=O) groups excluding carboxylic acids is 1. The Morgan fingerprint density at radius 1 is 0.793 bits per heavy atom. The number of hydrogen-bond acceptors (Lipinski definition) is 3. The van der Waals surface area contributed by atoms with E-state index in [-0.39, 0.29) is 5.69 Å². The zero-order valence-corrected chi connectivity index (χ0v) is 15.5. The van der Waals surface area contributed by atoms with Gasteiger partial charge in [-0.1, -0.05) is 29.8 Å². The molecule has 0 heterocycles. The minimum atomic E-state index is -4.62. The van der Waals surface area contributed by atoms with E-state index in [1.54, 1.807) is 24.3 Å². The van der Waals surface area contributed by atoms with E-state index >= 15 is 0 Å². The van der Waals surface area contributed by atoms with Gasteiger partial charge in [-0.25, -0.2) is 4.79 Å². The average molecular weight is 419 g/mol. The average Bonchev–Trinajstić information content (AvgIpc) is 2.69. The van der Waals surface area contributed by atoms with E-state index in [0.29, 0.717) is 17.1 Å². The number of benzene rings is 3. The molecule has 9 heteroatoms. The first-order valence-corrected chi connectivity index (χ1v) is 8.71. The number of carbonyl (C=O) groups is 1. The molecule has 0 saturated heterocycles. The molecule has 3 aromatic carbocycles. The predicted octanol–water partition coefficient (Wildman–Crippen LogP) is 7.42. The second kappa shape index (κ2) is 8.74. The van der Waals surface area contributed by atoms with Crippen LogP contribution in [0.1, 0.15) is 5.56 Å². The Morgan fingerprint density at radius 3 is 1.97 bits per heavy atom. The fourth-order valence-electron chi connectivity index (χ4n) is 2.34. The Labute approximate surface area is 169 Å². The Morgan fingerprint density at radius 2 is 1.34 bits per heavy atom. The molecule has 0 aromatic heterocycles. The Bertz CT molecular complexity index is 1020. The van der Waals surface area contributed by atoms with Crippen molar-refractivity contribution in [3.05, 3.63) is 83.4 Å². The smallest absolute Gasteiger partial charge is 0.308 e. The van der Waals surface area contributed by atoms with E-state index in [0.717, 1.165) is 12.1 Å². The molecule has 0 bridgehead atoms. The van der Waals surface area contributed by atoms with Crippen molar-refractivity contribution in [3.63, 3.8) is 0 Å². The number of nitrogens with one attached hydrogen (secondary N) is 2. The number of amides is 2. The van der Waals surface area contributed by atoms with Gasteiger partial charge in [0.15, 0.2) is 0 Å². The predicted molar refractivity (Wildman–Crippen MR) is 106 cm³/mol. The molecule has 2 amide bonds. The van der Waals surface area contributed by atoms with E-state index in [1.807, 2.05) is 30.3 Å². The summed E-state index contributed by atoms with van der Waals surface area (Å²) in [4.78, 5) is 12.0. The summed E-state index contributed by atoms with van der Waals surface area (Å²) in [5, 5.41) is 12.6. The van der Waals surface area contributed by atoms with Gasteiger partial charge in [-0.3, -0.25) is 0 Å². The minimum Gasteiger partial charge on any atom is -0.308 e. The molecule has 0 radical (unpaired) electrons. The van der Waals surface area contributed by atoms with E-state index in [9.17, 15) is 18.0 Å². The van der Waals surface area contributed by atoms with Crippen LogP contribution in [0.25, 0.3) is 0 Å². The molecule has 0 unspecified atom stereocenters. The molecule has 0 fully saturated rings. The van der Waals surface area contributed by atoms with Crippen LogP contribution in [0.2, 0.25) is 5.02 Å². The summed E-state index contributed by atoms with van der Waals surface area (Å²) in [6.07, 6.45) is -4.62. The number of anilines is 2. The van der Waals surface area contributed by atoms with Crippen LogP contribution in [0.3, 0.4) is 0 Å². The molecular weight excluding hydrogens is 405 g/mol. The van der Waals surface area contributed by atoms with Crippen molar-refractivity contribution >= 4 is 40.4 Å². The monoisotopic (exact) mass is 418 g/mol. The standard InChI is InChI=1S/C20H14ClF3N4O/c21-18-11-10-16(12-17(18)20(22,23)24)26-19(29)25-13-6-8-15(9-7-13)28-27-14-4-2-1-3-5-14/h1-12H,(H2,25,26,29). The third-order valence-corrected chi connectivity index (χ3v) is 4.02. The summed E-state index contributed by atoms with van der Waals surface area (Å²) in [7, 11) is 0. The molecule has 0 spiro atoms. The quantitative estimate of drug-likeness (QED) is 0.425. The number of halogens is 4. The Hall–Kier alpha value is -3.39. The summed E-state index contributed by atoms with van der Waals surface area (Å²) >= 11 is 5.56. The van der Waals surface area contributed by atoms with Crippen LogP contribution < -0.4 is 10.6 Å². The third kappa shape index (κ3) is 5.79. The molecule has 5 nitrogen and oxygen atoms in total. The van der Waals surface area contributed by atoms with Gasteiger partial charge in [0.25, 0.3) is 0 Å². The molecule has 0 aliphatic heterocycles. The van der Waals surface area contributed by atoms with Crippen LogP contribution in [0.4, 0.5) is 40.7 Å². The summed E-state index contributed by atoms with van der Waals surface area (Å²) in [5.74, 6) is 0. The van der Waals surface area contributed by atoms with Crippen LogP contribution in [0, 0.1) is 0 Å². The zero-order chi connectivity index (χ0) is 20.9. The van der Waals surface area contributed by atoms with Crippen molar-refractivity contribution in [2.24, 2.45) is 10.2 Å². The lowest BCUT2D eigenvalue weighted by molar-refractivity contribution is -0.137. The zero-order valence-electron chi connectivity index (χ0n) is 14.7. The maximum Gasteiger partial charge on any atom is 0.417 e. The second-order valence-corrected chi connectivity index (χ2v) is 6.26. The van der Waals surface area contributed by atoms with E-state index in [1.165, 1.54) is 6.07 Å². The Balaban J connectivity index is 1.62.